The average Bonchev–Trinajstić information content (AvgIpc) is 3.15. The number of carbonyl (C=O) groups excluding carboxylic acids is 1. The van der Waals surface area contributed by atoms with Crippen molar-refractivity contribution in [3.8, 4) is 11.1 Å². The molecule has 1 aliphatic heterocycles. The number of nitrogens with one attached hydrogen (secondary N) is 1. The molecule has 1 aromatic carbocycles. The molecule has 1 aliphatic rings. The average molecular weight is 379 g/mol. The minimum atomic E-state index is -0.130. The molecule has 3 heterocycles. The highest BCUT2D eigenvalue weighted by Gasteiger charge is 2.22. The first-order valence-electron chi connectivity index (χ1n) is 8.98. The van der Waals surface area contributed by atoms with Crippen molar-refractivity contribution < 1.29 is 9.53 Å². The van der Waals surface area contributed by atoms with Gasteiger partial charge in [0.2, 0.25) is 0 Å². The first kappa shape index (κ1) is 17.7. The number of thiophene rings is 1. The number of benzene rings is 1. The third-order valence-electron chi connectivity index (χ3n) is 4.45. The van der Waals surface area contributed by atoms with Gasteiger partial charge in [-0.25, -0.2) is 4.98 Å². The summed E-state index contributed by atoms with van der Waals surface area (Å²) in [5.74, 6) is 0.442. The van der Waals surface area contributed by atoms with Crippen LogP contribution in [-0.2, 0) is 4.74 Å². The molecule has 0 bridgehead atoms. The molecule has 1 N–H and O–H groups in total. The number of morpholine rings is 1. The fourth-order valence-electron chi connectivity index (χ4n) is 3.11. The summed E-state index contributed by atoms with van der Waals surface area (Å²) in [5, 5.41) is 4.03. The molecule has 4 rings (SSSR count). The number of amides is 1. The molecule has 1 saturated heterocycles. The van der Waals surface area contributed by atoms with Crippen molar-refractivity contribution >= 4 is 28.1 Å². The Hall–Kier alpha value is -2.70. The van der Waals surface area contributed by atoms with Crippen molar-refractivity contribution in [3.05, 3.63) is 65.2 Å². The Morgan fingerprint density at radius 3 is 2.63 bits per heavy atom. The number of pyridine rings is 1. The first-order valence-corrected chi connectivity index (χ1v) is 9.79. The SMILES string of the molecule is Cc1cccc(NC(=O)c2cc(-c3ccccc3)c(N3CCOCC3)s2)n1. The predicted molar refractivity (Wildman–Crippen MR) is 110 cm³/mol. The van der Waals surface area contributed by atoms with Crippen LogP contribution >= 0.6 is 11.3 Å². The van der Waals surface area contributed by atoms with Crippen LogP contribution in [-0.4, -0.2) is 37.2 Å². The quantitative estimate of drug-likeness (QED) is 0.738. The largest absolute Gasteiger partial charge is 0.378 e. The maximum atomic E-state index is 12.8. The van der Waals surface area contributed by atoms with Crippen LogP contribution in [0.1, 0.15) is 15.4 Å². The number of aromatic nitrogens is 1. The molecule has 3 aromatic rings. The summed E-state index contributed by atoms with van der Waals surface area (Å²) in [6.07, 6.45) is 0. The summed E-state index contributed by atoms with van der Waals surface area (Å²) < 4.78 is 5.49. The number of hydrogen-bond acceptors (Lipinski definition) is 5. The van der Waals surface area contributed by atoms with Gasteiger partial charge in [0.05, 0.1) is 23.1 Å². The minimum Gasteiger partial charge on any atom is -0.378 e. The Balaban J connectivity index is 1.67. The van der Waals surface area contributed by atoms with Crippen LogP contribution in [0.5, 0.6) is 0 Å². The minimum absolute atomic E-state index is 0.130. The second-order valence-corrected chi connectivity index (χ2v) is 7.44. The van der Waals surface area contributed by atoms with E-state index in [0.717, 1.165) is 34.9 Å². The van der Waals surface area contributed by atoms with Gasteiger partial charge in [-0.05, 0) is 30.7 Å². The third kappa shape index (κ3) is 4.02. The van der Waals surface area contributed by atoms with E-state index in [1.54, 1.807) is 6.07 Å². The molecule has 6 heteroatoms. The number of ether oxygens (including phenoxy) is 1. The molecule has 0 spiro atoms. The van der Waals surface area contributed by atoms with E-state index in [1.807, 2.05) is 43.3 Å². The standard InChI is InChI=1S/C21H21N3O2S/c1-15-6-5-9-19(22-15)23-20(25)18-14-17(16-7-3-2-4-8-16)21(27-18)24-10-12-26-13-11-24/h2-9,14H,10-13H2,1H3,(H,22,23,25). The molecular weight excluding hydrogens is 358 g/mol. The number of hydrogen-bond donors (Lipinski definition) is 1. The Morgan fingerprint density at radius 2 is 1.89 bits per heavy atom. The number of aryl methyl sites for hydroxylation is 1. The number of nitrogens with zero attached hydrogens (tertiary/aromatic N) is 2. The van der Waals surface area contributed by atoms with Crippen molar-refractivity contribution in [2.75, 3.05) is 36.5 Å². The van der Waals surface area contributed by atoms with E-state index in [-0.39, 0.29) is 5.91 Å². The van der Waals surface area contributed by atoms with Crippen LogP contribution in [0.4, 0.5) is 10.8 Å². The van der Waals surface area contributed by atoms with Gasteiger partial charge >= 0.3 is 0 Å². The molecule has 0 atom stereocenters. The Kier molecular flexibility index (Phi) is 5.18. The van der Waals surface area contributed by atoms with Crippen LogP contribution in [0.2, 0.25) is 0 Å². The predicted octanol–water partition coefficient (Wildman–Crippen LogP) is 4.21. The van der Waals surface area contributed by atoms with E-state index in [1.165, 1.54) is 11.3 Å². The Bertz CT molecular complexity index is 934. The van der Waals surface area contributed by atoms with Crippen molar-refractivity contribution in [2.45, 2.75) is 6.92 Å². The zero-order chi connectivity index (χ0) is 18.6. The summed E-state index contributed by atoms with van der Waals surface area (Å²) in [6.45, 7) is 4.99. The van der Waals surface area contributed by atoms with Gasteiger partial charge in [0.15, 0.2) is 0 Å². The molecular formula is C21H21N3O2S. The fraction of sp³-hybridized carbons (Fsp3) is 0.238. The van der Waals surface area contributed by atoms with Gasteiger partial charge in [0, 0.05) is 24.3 Å². The zero-order valence-corrected chi connectivity index (χ0v) is 16.0. The molecule has 138 valence electrons. The lowest BCUT2D eigenvalue weighted by Crippen LogP contribution is -2.35. The Morgan fingerprint density at radius 1 is 1.11 bits per heavy atom. The fourth-order valence-corrected chi connectivity index (χ4v) is 4.24. The molecule has 2 aromatic heterocycles. The van der Waals surface area contributed by atoms with E-state index >= 15 is 0 Å². The summed E-state index contributed by atoms with van der Waals surface area (Å²) in [6, 6.07) is 17.8. The second kappa shape index (κ2) is 7.90. The summed E-state index contributed by atoms with van der Waals surface area (Å²) >= 11 is 1.52. The van der Waals surface area contributed by atoms with E-state index in [2.05, 4.69) is 27.3 Å². The van der Waals surface area contributed by atoms with E-state index in [9.17, 15) is 4.79 Å². The molecule has 0 aliphatic carbocycles. The first-order chi connectivity index (χ1) is 13.2. The van der Waals surface area contributed by atoms with Crippen molar-refractivity contribution in [1.82, 2.24) is 4.98 Å². The summed E-state index contributed by atoms with van der Waals surface area (Å²) in [7, 11) is 0. The normalized spacial score (nSPS) is 14.2. The lowest BCUT2D eigenvalue weighted by Gasteiger charge is -2.28. The number of carbonyl (C=O) groups is 1. The van der Waals surface area contributed by atoms with Crippen LogP contribution in [0.15, 0.2) is 54.6 Å². The lowest BCUT2D eigenvalue weighted by molar-refractivity contribution is 0.103. The smallest absolute Gasteiger partial charge is 0.266 e. The maximum Gasteiger partial charge on any atom is 0.266 e. The molecule has 0 saturated carbocycles. The second-order valence-electron chi connectivity index (χ2n) is 6.41. The number of rotatable bonds is 4. The molecule has 1 fully saturated rings. The van der Waals surface area contributed by atoms with Crippen LogP contribution in [0.25, 0.3) is 11.1 Å². The van der Waals surface area contributed by atoms with E-state index in [4.69, 9.17) is 4.74 Å². The van der Waals surface area contributed by atoms with Gasteiger partial charge in [0.25, 0.3) is 5.91 Å². The summed E-state index contributed by atoms with van der Waals surface area (Å²) in [4.78, 5) is 20.2. The molecule has 27 heavy (non-hydrogen) atoms. The van der Waals surface area contributed by atoms with Gasteiger partial charge in [-0.3, -0.25) is 4.79 Å². The Labute approximate surface area is 162 Å². The highest BCUT2D eigenvalue weighted by Crippen LogP contribution is 2.39. The molecule has 5 nitrogen and oxygen atoms in total. The summed E-state index contributed by atoms with van der Waals surface area (Å²) in [5.41, 5.74) is 3.07. The van der Waals surface area contributed by atoms with Crippen LogP contribution < -0.4 is 10.2 Å². The van der Waals surface area contributed by atoms with Crippen molar-refractivity contribution in [2.24, 2.45) is 0 Å². The molecule has 1 amide bonds. The van der Waals surface area contributed by atoms with E-state index < -0.39 is 0 Å². The van der Waals surface area contributed by atoms with Crippen molar-refractivity contribution in [1.29, 1.82) is 0 Å². The molecule has 0 radical (unpaired) electrons. The monoisotopic (exact) mass is 379 g/mol. The van der Waals surface area contributed by atoms with Gasteiger partial charge in [-0.1, -0.05) is 36.4 Å². The maximum absolute atomic E-state index is 12.8. The highest BCUT2D eigenvalue weighted by atomic mass is 32.1. The van der Waals surface area contributed by atoms with Crippen LogP contribution in [0, 0.1) is 6.92 Å². The van der Waals surface area contributed by atoms with E-state index in [0.29, 0.717) is 23.9 Å². The van der Waals surface area contributed by atoms with Crippen LogP contribution in [0.3, 0.4) is 0 Å². The lowest BCUT2D eigenvalue weighted by atomic mass is 10.1. The highest BCUT2D eigenvalue weighted by molar-refractivity contribution is 7.18. The van der Waals surface area contributed by atoms with Gasteiger partial charge < -0.3 is 15.0 Å². The molecule has 0 unspecified atom stereocenters. The zero-order valence-electron chi connectivity index (χ0n) is 15.1. The topological polar surface area (TPSA) is 54.5 Å². The van der Waals surface area contributed by atoms with Gasteiger partial charge in [0.1, 0.15) is 5.82 Å². The van der Waals surface area contributed by atoms with Gasteiger partial charge in [-0.2, -0.15) is 0 Å². The third-order valence-corrected chi connectivity index (χ3v) is 5.64. The van der Waals surface area contributed by atoms with Crippen molar-refractivity contribution in [3.63, 3.8) is 0 Å². The number of anilines is 2. The van der Waals surface area contributed by atoms with Gasteiger partial charge in [-0.15, -0.1) is 11.3 Å².